The highest BCUT2D eigenvalue weighted by molar-refractivity contribution is 5.97. The van der Waals surface area contributed by atoms with Gasteiger partial charge in [0.2, 0.25) is 5.91 Å². The number of hydrogen-bond acceptors (Lipinski definition) is 3. The maximum atomic E-state index is 13.7. The topological polar surface area (TPSA) is 70.7 Å². The predicted octanol–water partition coefficient (Wildman–Crippen LogP) is 3.86. The molecule has 0 atom stereocenters. The van der Waals surface area contributed by atoms with Gasteiger partial charge in [-0.05, 0) is 44.0 Å². The fourth-order valence-corrected chi connectivity index (χ4v) is 2.81. The quantitative estimate of drug-likeness (QED) is 0.836. The van der Waals surface area contributed by atoms with Gasteiger partial charge < -0.3 is 20.3 Å². The van der Waals surface area contributed by atoms with E-state index in [1.54, 1.807) is 0 Å². The van der Waals surface area contributed by atoms with Gasteiger partial charge in [0.1, 0.15) is 6.54 Å². The minimum Gasteiger partial charge on any atom is -0.494 e. The molecular weight excluding hydrogens is 349 g/mol. The number of nitrogens with one attached hydrogen (secondary N) is 2. The highest BCUT2D eigenvalue weighted by Crippen LogP contribution is 2.22. The summed E-state index contributed by atoms with van der Waals surface area (Å²) in [6.45, 7) is 5.69. The highest BCUT2D eigenvalue weighted by Gasteiger charge is 2.15. The van der Waals surface area contributed by atoms with Crippen LogP contribution in [0.4, 0.5) is 20.6 Å². The lowest BCUT2D eigenvalue weighted by molar-refractivity contribution is -0.116. The number of hydrogen-bond donors (Lipinski definition) is 2. The maximum absolute atomic E-state index is 13.7. The van der Waals surface area contributed by atoms with E-state index in [-0.39, 0.29) is 23.9 Å². The third kappa shape index (κ3) is 5.20. The molecule has 0 aliphatic heterocycles. The molecule has 0 spiro atoms. The summed E-state index contributed by atoms with van der Waals surface area (Å²) in [6, 6.07) is 7.54. The van der Waals surface area contributed by atoms with Crippen LogP contribution in [0.25, 0.3) is 0 Å². The molecule has 7 heteroatoms. The lowest BCUT2D eigenvalue weighted by atomic mass is 10.1. The fourth-order valence-electron chi connectivity index (χ4n) is 2.81. The number of ether oxygens (including phenoxy) is 1. The monoisotopic (exact) mass is 373 g/mol. The molecule has 2 rings (SSSR count). The zero-order valence-corrected chi connectivity index (χ0v) is 16.1. The first-order valence-corrected chi connectivity index (χ1v) is 8.44. The number of urea groups is 1. The van der Waals surface area contributed by atoms with Gasteiger partial charge in [-0.3, -0.25) is 4.79 Å². The molecule has 0 bridgehead atoms. The molecule has 0 aromatic heterocycles. The summed E-state index contributed by atoms with van der Waals surface area (Å²) >= 11 is 0. The Morgan fingerprint density at radius 2 is 1.70 bits per heavy atom. The van der Waals surface area contributed by atoms with Crippen molar-refractivity contribution in [2.45, 2.75) is 20.8 Å². The second-order valence-corrected chi connectivity index (χ2v) is 6.46. The number of carbonyl (C=O) groups excluding carboxylic acids is 2. The lowest BCUT2D eigenvalue weighted by Crippen LogP contribution is -2.37. The van der Waals surface area contributed by atoms with Crippen molar-refractivity contribution in [3.63, 3.8) is 0 Å². The van der Waals surface area contributed by atoms with Crippen LogP contribution in [-0.4, -0.2) is 37.5 Å². The summed E-state index contributed by atoms with van der Waals surface area (Å²) in [5, 5.41) is 5.39. The second kappa shape index (κ2) is 8.53. The van der Waals surface area contributed by atoms with Crippen LogP contribution in [0.3, 0.4) is 0 Å². The predicted molar refractivity (Wildman–Crippen MR) is 104 cm³/mol. The van der Waals surface area contributed by atoms with E-state index >= 15 is 0 Å². The van der Waals surface area contributed by atoms with E-state index in [0.717, 1.165) is 28.4 Å². The van der Waals surface area contributed by atoms with E-state index in [0.29, 0.717) is 0 Å². The summed E-state index contributed by atoms with van der Waals surface area (Å²) in [5.74, 6) is -0.811. The van der Waals surface area contributed by atoms with Crippen molar-refractivity contribution < 1.29 is 18.7 Å². The fraction of sp³-hybridized carbons (Fsp3) is 0.300. The van der Waals surface area contributed by atoms with E-state index < -0.39 is 11.8 Å². The Balaban J connectivity index is 1.98. The van der Waals surface area contributed by atoms with Crippen molar-refractivity contribution in [3.8, 4) is 5.75 Å². The minimum absolute atomic E-state index is 0.0876. The molecule has 2 N–H and O–H groups in total. The number of anilines is 2. The molecule has 2 aromatic carbocycles. The van der Waals surface area contributed by atoms with Gasteiger partial charge in [-0.25, -0.2) is 9.18 Å². The number of nitrogens with zero attached hydrogens (tertiary/aromatic N) is 1. The Morgan fingerprint density at radius 1 is 1.07 bits per heavy atom. The Bertz CT molecular complexity index is 845. The van der Waals surface area contributed by atoms with Crippen molar-refractivity contribution >= 4 is 23.3 Å². The molecule has 2 aromatic rings. The first kappa shape index (κ1) is 20.2. The molecule has 0 unspecified atom stereocenters. The standard InChI is InChI=1S/C20H24FN3O3/c1-12-8-13(2)19(14(3)9-12)23-18(25)11-24(4)20(26)22-15-6-7-17(27-5)16(21)10-15/h6-10H,11H2,1-5H3,(H,22,26)(H,23,25). The van der Waals surface area contributed by atoms with Crippen LogP contribution < -0.4 is 15.4 Å². The van der Waals surface area contributed by atoms with Crippen LogP contribution in [0.5, 0.6) is 5.75 Å². The number of rotatable bonds is 5. The van der Waals surface area contributed by atoms with Crippen molar-refractivity contribution in [2.24, 2.45) is 0 Å². The lowest BCUT2D eigenvalue weighted by Gasteiger charge is -2.19. The van der Waals surface area contributed by atoms with E-state index in [4.69, 9.17) is 4.74 Å². The maximum Gasteiger partial charge on any atom is 0.322 e. The van der Waals surface area contributed by atoms with E-state index in [1.807, 2.05) is 32.9 Å². The summed E-state index contributed by atoms with van der Waals surface area (Å²) in [6.07, 6.45) is 0. The Kier molecular flexibility index (Phi) is 6.39. The molecule has 0 aliphatic carbocycles. The normalized spacial score (nSPS) is 10.3. The molecular formula is C20H24FN3O3. The molecule has 0 radical (unpaired) electrons. The minimum atomic E-state index is -0.582. The smallest absolute Gasteiger partial charge is 0.322 e. The van der Waals surface area contributed by atoms with Gasteiger partial charge >= 0.3 is 6.03 Å². The van der Waals surface area contributed by atoms with Crippen molar-refractivity contribution in [1.29, 1.82) is 0 Å². The third-order valence-electron chi connectivity index (χ3n) is 4.07. The number of methoxy groups -OCH3 is 1. The van der Waals surface area contributed by atoms with Gasteiger partial charge in [-0.2, -0.15) is 0 Å². The first-order chi connectivity index (χ1) is 12.7. The molecule has 0 saturated carbocycles. The summed E-state index contributed by atoms with van der Waals surface area (Å²) in [4.78, 5) is 25.7. The number of amides is 3. The van der Waals surface area contributed by atoms with Gasteiger partial charge in [0.25, 0.3) is 0 Å². The second-order valence-electron chi connectivity index (χ2n) is 6.46. The molecule has 0 aliphatic rings. The van der Waals surface area contributed by atoms with Gasteiger partial charge in [0.05, 0.1) is 7.11 Å². The number of halogens is 1. The molecule has 0 saturated heterocycles. The molecule has 6 nitrogen and oxygen atoms in total. The van der Waals surface area contributed by atoms with Crippen LogP contribution in [0, 0.1) is 26.6 Å². The SMILES string of the molecule is COc1ccc(NC(=O)N(C)CC(=O)Nc2c(C)cc(C)cc2C)cc1F. The zero-order valence-electron chi connectivity index (χ0n) is 16.1. The van der Waals surface area contributed by atoms with E-state index in [2.05, 4.69) is 10.6 Å². The van der Waals surface area contributed by atoms with Crippen LogP contribution in [0.1, 0.15) is 16.7 Å². The molecule has 0 heterocycles. The molecule has 0 fully saturated rings. The number of likely N-dealkylation sites (N-methyl/N-ethyl adjacent to an activating group) is 1. The van der Waals surface area contributed by atoms with E-state index in [1.165, 1.54) is 31.2 Å². The summed E-state index contributed by atoms with van der Waals surface area (Å²) in [7, 11) is 2.85. The zero-order chi connectivity index (χ0) is 20.1. The number of benzene rings is 2. The molecule has 144 valence electrons. The third-order valence-corrected chi connectivity index (χ3v) is 4.07. The molecule has 27 heavy (non-hydrogen) atoms. The highest BCUT2D eigenvalue weighted by atomic mass is 19.1. The molecule has 3 amide bonds. The largest absolute Gasteiger partial charge is 0.494 e. The summed E-state index contributed by atoms with van der Waals surface area (Å²) < 4.78 is 18.5. The first-order valence-electron chi connectivity index (χ1n) is 8.44. The van der Waals surface area contributed by atoms with Gasteiger partial charge in [0, 0.05) is 24.5 Å². The average Bonchev–Trinajstić information content (AvgIpc) is 2.58. The van der Waals surface area contributed by atoms with Gasteiger partial charge in [-0.15, -0.1) is 0 Å². The van der Waals surface area contributed by atoms with Crippen molar-refractivity contribution in [1.82, 2.24) is 4.90 Å². The van der Waals surface area contributed by atoms with Crippen LogP contribution >= 0.6 is 0 Å². The van der Waals surface area contributed by atoms with Crippen molar-refractivity contribution in [2.75, 3.05) is 31.3 Å². The Morgan fingerprint density at radius 3 is 2.26 bits per heavy atom. The summed E-state index contributed by atoms with van der Waals surface area (Å²) in [5.41, 5.74) is 4.06. The average molecular weight is 373 g/mol. The van der Waals surface area contributed by atoms with Crippen LogP contribution in [0.15, 0.2) is 30.3 Å². The number of aryl methyl sites for hydroxylation is 3. The number of carbonyl (C=O) groups is 2. The van der Waals surface area contributed by atoms with Crippen LogP contribution in [0.2, 0.25) is 0 Å². The van der Waals surface area contributed by atoms with E-state index in [9.17, 15) is 14.0 Å². The Hall–Kier alpha value is -3.09. The van der Waals surface area contributed by atoms with Crippen LogP contribution in [-0.2, 0) is 4.79 Å². The van der Waals surface area contributed by atoms with Crippen molar-refractivity contribution in [3.05, 3.63) is 52.8 Å². The van der Waals surface area contributed by atoms with Gasteiger partial charge in [0.15, 0.2) is 11.6 Å². The Labute approximate surface area is 158 Å². The van der Waals surface area contributed by atoms with Gasteiger partial charge in [-0.1, -0.05) is 17.7 Å².